The first-order valence-electron chi connectivity index (χ1n) is 8.65. The molecular weight excluding hydrogens is 354 g/mol. The number of tetrazole rings is 1. The molecule has 1 aliphatic carbocycles. The minimum absolute atomic E-state index is 0.154. The highest BCUT2D eigenvalue weighted by Crippen LogP contribution is 2.36. The summed E-state index contributed by atoms with van der Waals surface area (Å²) in [5.41, 5.74) is 1.10. The standard InChI is InChI=1S/C17H21N5O3S/c1-2-3-10-25-16(24)12-4-6-13(7-5-12)18-15(23)11-26-17-19-20-21-22(17)14-8-9-14/h4-7,14H,2-3,8-11H2,1H3,(H,18,23). The topological polar surface area (TPSA) is 99.0 Å². The Labute approximate surface area is 155 Å². The van der Waals surface area contributed by atoms with Gasteiger partial charge in [-0.05, 0) is 54.0 Å². The molecule has 8 nitrogen and oxygen atoms in total. The lowest BCUT2D eigenvalue weighted by Crippen LogP contribution is -2.15. The highest BCUT2D eigenvalue weighted by Gasteiger charge is 2.28. The quantitative estimate of drug-likeness (QED) is 0.409. The molecule has 1 aromatic heterocycles. The van der Waals surface area contributed by atoms with Gasteiger partial charge in [0.1, 0.15) is 0 Å². The van der Waals surface area contributed by atoms with E-state index in [1.165, 1.54) is 11.8 Å². The van der Waals surface area contributed by atoms with Crippen LogP contribution in [0.4, 0.5) is 5.69 Å². The molecule has 0 aliphatic heterocycles. The first kappa shape index (κ1) is 18.4. The van der Waals surface area contributed by atoms with E-state index in [4.69, 9.17) is 4.74 Å². The Bertz CT molecular complexity index is 758. The molecule has 1 amide bonds. The van der Waals surface area contributed by atoms with Crippen LogP contribution < -0.4 is 5.32 Å². The van der Waals surface area contributed by atoms with Gasteiger partial charge in [0, 0.05) is 5.69 Å². The van der Waals surface area contributed by atoms with Crippen LogP contribution in [-0.2, 0) is 9.53 Å². The van der Waals surface area contributed by atoms with E-state index in [0.29, 0.717) is 29.1 Å². The zero-order chi connectivity index (χ0) is 18.4. The van der Waals surface area contributed by atoms with Gasteiger partial charge in [-0.1, -0.05) is 25.1 Å². The summed E-state index contributed by atoms with van der Waals surface area (Å²) in [5, 5.41) is 15.0. The van der Waals surface area contributed by atoms with Gasteiger partial charge in [-0.25, -0.2) is 9.48 Å². The van der Waals surface area contributed by atoms with Crippen molar-refractivity contribution >= 4 is 29.3 Å². The third kappa shape index (κ3) is 5.04. The first-order valence-corrected chi connectivity index (χ1v) is 9.63. The van der Waals surface area contributed by atoms with Crippen LogP contribution in [0.2, 0.25) is 0 Å². The molecule has 138 valence electrons. The van der Waals surface area contributed by atoms with Crippen molar-refractivity contribution in [2.24, 2.45) is 0 Å². The average Bonchev–Trinajstić information content (AvgIpc) is 3.38. The number of nitrogens with one attached hydrogen (secondary N) is 1. The lowest BCUT2D eigenvalue weighted by Gasteiger charge is -2.07. The van der Waals surface area contributed by atoms with Crippen LogP contribution in [0.5, 0.6) is 0 Å². The monoisotopic (exact) mass is 375 g/mol. The summed E-state index contributed by atoms with van der Waals surface area (Å²) >= 11 is 1.31. The largest absolute Gasteiger partial charge is 0.462 e. The van der Waals surface area contributed by atoms with Gasteiger partial charge in [0.25, 0.3) is 0 Å². The van der Waals surface area contributed by atoms with Crippen LogP contribution >= 0.6 is 11.8 Å². The third-order valence-corrected chi connectivity index (χ3v) is 4.76. The van der Waals surface area contributed by atoms with E-state index in [-0.39, 0.29) is 17.6 Å². The van der Waals surface area contributed by atoms with E-state index in [2.05, 4.69) is 20.8 Å². The second-order valence-electron chi connectivity index (χ2n) is 6.04. The number of carbonyl (C=O) groups is 2. The van der Waals surface area contributed by atoms with Crippen LogP contribution in [-0.4, -0.2) is 44.4 Å². The van der Waals surface area contributed by atoms with Crippen LogP contribution in [0, 0.1) is 0 Å². The minimum Gasteiger partial charge on any atom is -0.462 e. The van der Waals surface area contributed by atoms with E-state index in [0.717, 1.165) is 25.7 Å². The molecule has 1 saturated carbocycles. The maximum Gasteiger partial charge on any atom is 0.338 e. The second-order valence-corrected chi connectivity index (χ2v) is 6.98. The van der Waals surface area contributed by atoms with Gasteiger partial charge in [0.2, 0.25) is 11.1 Å². The summed E-state index contributed by atoms with van der Waals surface area (Å²) in [4.78, 5) is 23.9. The SMILES string of the molecule is CCCCOC(=O)c1ccc(NC(=O)CSc2nnnn2C2CC2)cc1. The molecule has 26 heavy (non-hydrogen) atoms. The van der Waals surface area contributed by atoms with Gasteiger partial charge in [-0.3, -0.25) is 4.79 Å². The Kier molecular flexibility index (Phi) is 6.21. The number of carbonyl (C=O) groups excluding carboxylic acids is 2. The fourth-order valence-electron chi connectivity index (χ4n) is 2.24. The Morgan fingerprint density at radius 2 is 2.08 bits per heavy atom. The molecule has 1 aromatic carbocycles. The lowest BCUT2D eigenvalue weighted by molar-refractivity contribution is -0.113. The number of amides is 1. The number of hydrogen-bond acceptors (Lipinski definition) is 7. The molecule has 0 atom stereocenters. The number of hydrogen-bond donors (Lipinski definition) is 1. The van der Waals surface area contributed by atoms with E-state index in [1.54, 1.807) is 28.9 Å². The van der Waals surface area contributed by atoms with Crippen molar-refractivity contribution in [3.63, 3.8) is 0 Å². The molecule has 1 aliphatic rings. The summed E-state index contributed by atoms with van der Waals surface area (Å²) in [7, 11) is 0. The lowest BCUT2D eigenvalue weighted by atomic mass is 10.2. The predicted octanol–water partition coefficient (Wildman–Crippen LogP) is 2.70. The number of unbranched alkanes of at least 4 members (excludes halogenated alkanes) is 1. The Morgan fingerprint density at radius 3 is 2.77 bits per heavy atom. The van der Waals surface area contributed by atoms with Crippen molar-refractivity contribution in [3.05, 3.63) is 29.8 Å². The molecule has 0 unspecified atom stereocenters. The molecule has 3 rings (SSSR count). The fraction of sp³-hybridized carbons (Fsp3) is 0.471. The van der Waals surface area contributed by atoms with Gasteiger partial charge in [0.15, 0.2) is 0 Å². The van der Waals surface area contributed by atoms with Crippen molar-refractivity contribution in [2.75, 3.05) is 17.7 Å². The van der Waals surface area contributed by atoms with E-state index >= 15 is 0 Å². The van der Waals surface area contributed by atoms with E-state index in [1.807, 2.05) is 6.92 Å². The maximum absolute atomic E-state index is 12.1. The van der Waals surface area contributed by atoms with Crippen LogP contribution in [0.25, 0.3) is 0 Å². The number of anilines is 1. The van der Waals surface area contributed by atoms with Crippen molar-refractivity contribution in [2.45, 2.75) is 43.8 Å². The molecular formula is C17H21N5O3S. The Morgan fingerprint density at radius 1 is 1.31 bits per heavy atom. The smallest absolute Gasteiger partial charge is 0.338 e. The second kappa shape index (κ2) is 8.79. The Balaban J connectivity index is 1.46. The fourth-order valence-corrected chi connectivity index (χ4v) is 2.98. The molecule has 1 fully saturated rings. The van der Waals surface area contributed by atoms with E-state index < -0.39 is 0 Å². The number of ether oxygens (including phenoxy) is 1. The maximum atomic E-state index is 12.1. The number of benzene rings is 1. The molecule has 2 aromatic rings. The summed E-state index contributed by atoms with van der Waals surface area (Å²) in [6.45, 7) is 2.46. The summed E-state index contributed by atoms with van der Waals surface area (Å²) < 4.78 is 6.93. The van der Waals surface area contributed by atoms with Crippen molar-refractivity contribution in [1.29, 1.82) is 0 Å². The number of rotatable bonds is 9. The van der Waals surface area contributed by atoms with Gasteiger partial charge >= 0.3 is 5.97 Å². The van der Waals surface area contributed by atoms with Crippen LogP contribution in [0.1, 0.15) is 49.0 Å². The average molecular weight is 375 g/mol. The van der Waals surface area contributed by atoms with Crippen molar-refractivity contribution in [3.8, 4) is 0 Å². The van der Waals surface area contributed by atoms with Crippen molar-refractivity contribution in [1.82, 2.24) is 20.2 Å². The highest BCUT2D eigenvalue weighted by molar-refractivity contribution is 7.99. The first-order chi connectivity index (χ1) is 12.7. The molecule has 0 bridgehead atoms. The predicted molar refractivity (Wildman–Crippen MR) is 97.1 cm³/mol. The van der Waals surface area contributed by atoms with Gasteiger partial charge in [-0.2, -0.15) is 0 Å². The van der Waals surface area contributed by atoms with E-state index in [9.17, 15) is 9.59 Å². The minimum atomic E-state index is -0.348. The number of esters is 1. The normalized spacial score (nSPS) is 13.4. The van der Waals surface area contributed by atoms with Gasteiger partial charge in [-0.15, -0.1) is 5.10 Å². The zero-order valence-electron chi connectivity index (χ0n) is 14.6. The summed E-state index contributed by atoms with van der Waals surface area (Å²) in [6.07, 6.45) is 3.99. The van der Waals surface area contributed by atoms with Gasteiger partial charge in [0.05, 0.1) is 24.0 Å². The molecule has 1 N–H and O–H groups in total. The zero-order valence-corrected chi connectivity index (χ0v) is 15.4. The summed E-state index contributed by atoms with van der Waals surface area (Å²) in [5.74, 6) is -0.286. The van der Waals surface area contributed by atoms with Gasteiger partial charge < -0.3 is 10.1 Å². The molecule has 0 spiro atoms. The summed E-state index contributed by atoms with van der Waals surface area (Å²) in [6, 6.07) is 7.04. The number of nitrogens with zero attached hydrogens (tertiary/aromatic N) is 4. The van der Waals surface area contributed by atoms with Crippen molar-refractivity contribution < 1.29 is 14.3 Å². The highest BCUT2D eigenvalue weighted by atomic mass is 32.2. The molecule has 0 radical (unpaired) electrons. The van der Waals surface area contributed by atoms with Crippen LogP contribution in [0.15, 0.2) is 29.4 Å². The van der Waals surface area contributed by atoms with Crippen LogP contribution in [0.3, 0.4) is 0 Å². The number of thioether (sulfide) groups is 1. The molecule has 0 saturated heterocycles. The Hall–Kier alpha value is -2.42. The number of aromatic nitrogens is 4. The molecule has 1 heterocycles. The third-order valence-electron chi connectivity index (χ3n) is 3.82. The molecule has 9 heteroatoms.